The van der Waals surface area contributed by atoms with Gasteiger partial charge in [-0.15, -0.1) is 6.58 Å². The van der Waals surface area contributed by atoms with E-state index in [9.17, 15) is 9.59 Å². The van der Waals surface area contributed by atoms with E-state index >= 15 is 0 Å². The van der Waals surface area contributed by atoms with Crippen LogP contribution in [-0.4, -0.2) is 45.4 Å². The molecule has 0 saturated carbocycles. The molecular formula is C23H44N2O4. The summed E-state index contributed by atoms with van der Waals surface area (Å²) >= 11 is 0. The number of hydrogen-bond acceptors (Lipinski definition) is 4. The molecule has 29 heavy (non-hydrogen) atoms. The molecule has 0 unspecified atom stereocenters. The third-order valence-electron chi connectivity index (χ3n) is 4.73. The van der Waals surface area contributed by atoms with Crippen LogP contribution in [0.1, 0.15) is 89.9 Å². The Morgan fingerprint density at radius 3 is 2.00 bits per heavy atom. The molecule has 0 bridgehead atoms. The quantitative estimate of drug-likeness (QED) is 0.203. The van der Waals surface area contributed by atoms with E-state index in [1.54, 1.807) is 7.11 Å². The third-order valence-corrected chi connectivity index (χ3v) is 4.73. The lowest BCUT2D eigenvalue weighted by atomic mass is 10.1. The van der Waals surface area contributed by atoms with Crippen LogP contribution in [0.15, 0.2) is 12.7 Å². The average Bonchev–Trinajstić information content (AvgIpc) is 2.72. The third kappa shape index (κ3) is 22.6. The van der Waals surface area contributed by atoms with Gasteiger partial charge in [0, 0.05) is 39.6 Å². The zero-order valence-corrected chi connectivity index (χ0v) is 18.6. The maximum atomic E-state index is 11.8. The van der Waals surface area contributed by atoms with Gasteiger partial charge >= 0.3 is 6.09 Å². The van der Waals surface area contributed by atoms with E-state index in [1.807, 2.05) is 6.08 Å². The highest BCUT2D eigenvalue weighted by Crippen LogP contribution is 2.09. The number of ether oxygens (including phenoxy) is 2. The van der Waals surface area contributed by atoms with Crippen LogP contribution in [0.3, 0.4) is 0 Å². The molecular weight excluding hydrogens is 368 g/mol. The topological polar surface area (TPSA) is 76.7 Å². The number of hydrogen-bond donors (Lipinski definition) is 2. The van der Waals surface area contributed by atoms with Gasteiger partial charge in [-0.1, -0.05) is 51.0 Å². The zero-order valence-electron chi connectivity index (χ0n) is 18.6. The summed E-state index contributed by atoms with van der Waals surface area (Å²) in [5.41, 5.74) is 0. The first-order chi connectivity index (χ1) is 14.2. The van der Waals surface area contributed by atoms with Gasteiger partial charge in [-0.05, 0) is 32.1 Å². The largest absolute Gasteiger partial charge is 0.449 e. The van der Waals surface area contributed by atoms with Crippen LogP contribution in [0, 0.1) is 0 Å². The number of allylic oxidation sites excluding steroid dienone is 1. The molecule has 0 aliphatic carbocycles. The van der Waals surface area contributed by atoms with E-state index < -0.39 is 0 Å². The Morgan fingerprint density at radius 1 is 0.759 bits per heavy atom. The number of unbranched alkanes of at least 4 members (excludes halogenated alkanes) is 10. The summed E-state index contributed by atoms with van der Waals surface area (Å²) in [7, 11) is 1.63. The first kappa shape index (κ1) is 27.4. The summed E-state index contributed by atoms with van der Waals surface area (Å²) in [6.07, 6.45) is 16.6. The van der Waals surface area contributed by atoms with Gasteiger partial charge in [0.1, 0.15) is 0 Å². The summed E-state index contributed by atoms with van der Waals surface area (Å²) in [6, 6.07) is 0. The fourth-order valence-electron chi connectivity index (χ4n) is 2.99. The standard InChI is InChI=1S/C23H44N2O4/c1-3-4-5-6-7-8-9-10-13-17-22(26)24-18-14-11-12-15-19-25-23(27)29-21-16-20-28-2/h3H,1,4-21H2,2H3,(H,24,26)(H,25,27). The number of amides is 2. The lowest BCUT2D eigenvalue weighted by molar-refractivity contribution is -0.121. The Hall–Kier alpha value is -1.56. The second-order valence-electron chi connectivity index (χ2n) is 7.48. The highest BCUT2D eigenvalue weighted by Gasteiger charge is 2.02. The van der Waals surface area contributed by atoms with Crippen LogP contribution < -0.4 is 10.6 Å². The number of alkyl carbamates (subject to hydrolysis) is 1. The van der Waals surface area contributed by atoms with E-state index in [0.717, 1.165) is 51.5 Å². The molecule has 2 N–H and O–H groups in total. The smallest absolute Gasteiger partial charge is 0.407 e. The maximum absolute atomic E-state index is 11.8. The first-order valence-corrected chi connectivity index (χ1v) is 11.5. The summed E-state index contributed by atoms with van der Waals surface area (Å²) in [6.45, 7) is 6.10. The minimum absolute atomic E-state index is 0.175. The Morgan fingerprint density at radius 2 is 1.34 bits per heavy atom. The van der Waals surface area contributed by atoms with Crippen molar-refractivity contribution >= 4 is 12.0 Å². The van der Waals surface area contributed by atoms with Gasteiger partial charge in [0.25, 0.3) is 0 Å². The fourth-order valence-corrected chi connectivity index (χ4v) is 2.99. The molecule has 0 radical (unpaired) electrons. The lowest BCUT2D eigenvalue weighted by Crippen LogP contribution is -2.26. The van der Waals surface area contributed by atoms with Crippen LogP contribution in [0.4, 0.5) is 4.79 Å². The van der Waals surface area contributed by atoms with Crippen molar-refractivity contribution in [3.05, 3.63) is 12.7 Å². The van der Waals surface area contributed by atoms with E-state index in [4.69, 9.17) is 9.47 Å². The molecule has 170 valence electrons. The molecule has 6 nitrogen and oxygen atoms in total. The monoisotopic (exact) mass is 412 g/mol. The van der Waals surface area contributed by atoms with Crippen LogP contribution >= 0.6 is 0 Å². The van der Waals surface area contributed by atoms with Crippen molar-refractivity contribution < 1.29 is 19.1 Å². The molecule has 0 aromatic carbocycles. The van der Waals surface area contributed by atoms with Crippen molar-refractivity contribution in [2.24, 2.45) is 0 Å². The molecule has 0 spiro atoms. The highest BCUT2D eigenvalue weighted by atomic mass is 16.5. The molecule has 0 rings (SSSR count). The van der Waals surface area contributed by atoms with Crippen LogP contribution in [0.5, 0.6) is 0 Å². The SMILES string of the molecule is C=CCCCCCCCCCC(=O)NCCCCCCNC(=O)OCCCOC. The lowest BCUT2D eigenvalue weighted by Gasteiger charge is -2.07. The summed E-state index contributed by atoms with van der Waals surface area (Å²) < 4.78 is 9.90. The highest BCUT2D eigenvalue weighted by molar-refractivity contribution is 5.75. The van der Waals surface area contributed by atoms with E-state index in [1.165, 1.54) is 32.1 Å². The number of nitrogens with one attached hydrogen (secondary N) is 2. The number of carbonyl (C=O) groups is 2. The normalized spacial score (nSPS) is 10.5. The first-order valence-electron chi connectivity index (χ1n) is 11.5. The molecule has 0 atom stereocenters. The van der Waals surface area contributed by atoms with Gasteiger partial charge in [0.05, 0.1) is 6.61 Å². The second-order valence-corrected chi connectivity index (χ2v) is 7.48. The van der Waals surface area contributed by atoms with Crippen LogP contribution in [0.2, 0.25) is 0 Å². The molecule has 2 amide bonds. The Kier molecular flexibility index (Phi) is 21.5. The van der Waals surface area contributed by atoms with Crippen molar-refractivity contribution in [3.63, 3.8) is 0 Å². The summed E-state index contributed by atoms with van der Waals surface area (Å²) in [4.78, 5) is 23.2. The number of methoxy groups -OCH3 is 1. The summed E-state index contributed by atoms with van der Waals surface area (Å²) in [5.74, 6) is 0.175. The van der Waals surface area contributed by atoms with E-state index in [-0.39, 0.29) is 12.0 Å². The van der Waals surface area contributed by atoms with Crippen LogP contribution in [0.25, 0.3) is 0 Å². The molecule has 0 saturated heterocycles. The van der Waals surface area contributed by atoms with Crippen molar-refractivity contribution in [3.8, 4) is 0 Å². The molecule has 0 aromatic rings. The molecule has 0 aliphatic rings. The molecule has 0 aliphatic heterocycles. The molecule has 0 fully saturated rings. The predicted octanol–water partition coefficient (Wildman–Crippen LogP) is 5.12. The van der Waals surface area contributed by atoms with E-state index in [2.05, 4.69) is 17.2 Å². The van der Waals surface area contributed by atoms with Crippen molar-refractivity contribution in [2.75, 3.05) is 33.4 Å². The zero-order chi connectivity index (χ0) is 21.4. The minimum atomic E-state index is -0.360. The summed E-state index contributed by atoms with van der Waals surface area (Å²) in [5, 5.41) is 5.75. The predicted molar refractivity (Wildman–Crippen MR) is 119 cm³/mol. The van der Waals surface area contributed by atoms with Crippen molar-refractivity contribution in [2.45, 2.75) is 89.9 Å². The molecule has 0 aromatic heterocycles. The van der Waals surface area contributed by atoms with Gasteiger partial charge in [-0.2, -0.15) is 0 Å². The van der Waals surface area contributed by atoms with Gasteiger partial charge in [0.15, 0.2) is 0 Å². The van der Waals surface area contributed by atoms with Gasteiger partial charge in [0.2, 0.25) is 5.91 Å². The second kappa shape index (κ2) is 22.7. The Labute approximate surface area is 178 Å². The molecule has 6 heteroatoms. The fraction of sp³-hybridized carbons (Fsp3) is 0.826. The minimum Gasteiger partial charge on any atom is -0.449 e. The van der Waals surface area contributed by atoms with Crippen LogP contribution in [-0.2, 0) is 14.3 Å². The number of carbonyl (C=O) groups excluding carboxylic acids is 2. The maximum Gasteiger partial charge on any atom is 0.407 e. The van der Waals surface area contributed by atoms with E-state index in [0.29, 0.717) is 32.6 Å². The van der Waals surface area contributed by atoms with Gasteiger partial charge < -0.3 is 20.1 Å². The van der Waals surface area contributed by atoms with Crippen molar-refractivity contribution in [1.29, 1.82) is 0 Å². The van der Waals surface area contributed by atoms with Gasteiger partial charge in [-0.25, -0.2) is 4.79 Å². The molecule has 0 heterocycles. The Balaban J connectivity index is 3.25. The Bertz CT molecular complexity index is 402. The number of rotatable bonds is 21. The van der Waals surface area contributed by atoms with Gasteiger partial charge in [-0.3, -0.25) is 4.79 Å². The average molecular weight is 413 g/mol. The van der Waals surface area contributed by atoms with Crippen molar-refractivity contribution in [1.82, 2.24) is 10.6 Å².